The van der Waals surface area contributed by atoms with E-state index in [-0.39, 0.29) is 0 Å². The van der Waals surface area contributed by atoms with Crippen molar-refractivity contribution in [3.05, 3.63) is 83.6 Å². The van der Waals surface area contributed by atoms with E-state index < -0.39 is 8.80 Å². The van der Waals surface area contributed by atoms with Crippen LogP contribution < -0.4 is 0 Å². The van der Waals surface area contributed by atoms with Crippen LogP contribution in [0.25, 0.3) is 0 Å². The molecule has 1 heteroatoms. The molecule has 0 aliphatic rings. The van der Waals surface area contributed by atoms with Gasteiger partial charge in [-0.05, 0) is 31.2 Å². The summed E-state index contributed by atoms with van der Waals surface area (Å²) in [5, 5.41) is 0. The van der Waals surface area contributed by atoms with Gasteiger partial charge in [0.25, 0.3) is 0 Å². The molecule has 0 saturated carbocycles. The quantitative estimate of drug-likeness (QED) is 0.550. The Balaban J connectivity index is 2.17. The van der Waals surface area contributed by atoms with Gasteiger partial charge in [-0.15, -0.1) is 11.1 Å². The number of hydrogen-bond donors (Lipinski definition) is 0. The average molecular weight is 272 g/mol. The number of hydrogen-bond acceptors (Lipinski definition) is 0. The van der Waals surface area contributed by atoms with E-state index in [1.54, 1.807) is 0 Å². The van der Waals surface area contributed by atoms with Crippen LogP contribution in [0.4, 0.5) is 0 Å². The monoisotopic (exact) mass is 272 g/mol. The van der Waals surface area contributed by atoms with Crippen LogP contribution in [-0.2, 0) is 0 Å². The molecule has 96 valence electrons. The molecule has 2 aromatic carbocycles. The molecule has 2 rings (SSSR count). The topological polar surface area (TPSA) is 0 Å². The molecule has 0 aliphatic carbocycles. The summed E-state index contributed by atoms with van der Waals surface area (Å²) in [6.07, 6.45) is 2.05. The average Bonchev–Trinajstić information content (AvgIpc) is 2.52. The summed E-state index contributed by atoms with van der Waals surface area (Å²) in [5.74, 6) is 6.45. The van der Waals surface area contributed by atoms with Gasteiger partial charge in [0, 0.05) is 11.1 Å². The lowest BCUT2D eigenvalue weighted by Gasteiger charge is -1.92. The lowest BCUT2D eigenvalue weighted by atomic mass is 10.2. The zero-order valence-corrected chi connectivity index (χ0v) is 12.7. The van der Waals surface area contributed by atoms with Crippen LogP contribution >= 0.6 is 0 Å². The Labute approximate surface area is 122 Å². The van der Waals surface area contributed by atoms with Crippen molar-refractivity contribution in [2.24, 2.45) is 0 Å². The maximum absolute atomic E-state index is 3.34. The molecular weight excluding hydrogens is 256 g/mol. The van der Waals surface area contributed by atoms with Gasteiger partial charge in [-0.3, -0.25) is 0 Å². The molecule has 0 nitrogen and oxygen atoms in total. The second-order valence-electron chi connectivity index (χ2n) is 4.27. The molecule has 0 bridgehead atoms. The van der Waals surface area contributed by atoms with Crippen molar-refractivity contribution in [1.29, 1.82) is 0 Å². The minimum atomic E-state index is -1.48. The summed E-state index contributed by atoms with van der Waals surface area (Å²) in [6, 6.07) is 20.1. The van der Waals surface area contributed by atoms with Crippen molar-refractivity contribution in [1.82, 2.24) is 0 Å². The van der Waals surface area contributed by atoms with E-state index in [1.165, 1.54) is 0 Å². The van der Waals surface area contributed by atoms with Crippen molar-refractivity contribution < 1.29 is 0 Å². The third-order valence-electron chi connectivity index (χ3n) is 2.68. The summed E-state index contributed by atoms with van der Waals surface area (Å²) in [7, 11) is -1.48. The first-order chi connectivity index (χ1) is 9.88. The molecule has 0 aliphatic heterocycles. The third-order valence-corrected chi connectivity index (χ3v) is 4.36. The van der Waals surface area contributed by atoms with Gasteiger partial charge in [0.1, 0.15) is 0 Å². The van der Waals surface area contributed by atoms with E-state index in [0.717, 1.165) is 11.1 Å². The summed E-state index contributed by atoms with van der Waals surface area (Å²) in [4.78, 5) is 0. The SMILES string of the molecule is CC=C[SiH](C#Cc1ccccc1)C#Cc1ccccc1. The summed E-state index contributed by atoms with van der Waals surface area (Å²) >= 11 is 0. The van der Waals surface area contributed by atoms with Crippen molar-refractivity contribution in [2.45, 2.75) is 6.92 Å². The molecule has 0 amide bonds. The molecular formula is C19H16Si. The largest absolute Gasteiger partial charge is 0.225 e. The fourth-order valence-corrected chi connectivity index (χ4v) is 2.98. The maximum Gasteiger partial charge on any atom is 0.225 e. The van der Waals surface area contributed by atoms with Gasteiger partial charge in [-0.2, -0.15) is 0 Å². The number of allylic oxidation sites excluding steroid dienone is 1. The molecule has 0 aromatic heterocycles. The van der Waals surface area contributed by atoms with Crippen molar-refractivity contribution >= 4 is 8.80 Å². The molecule has 0 spiro atoms. The second kappa shape index (κ2) is 7.84. The van der Waals surface area contributed by atoms with Crippen molar-refractivity contribution in [3.63, 3.8) is 0 Å². The maximum atomic E-state index is 3.34. The van der Waals surface area contributed by atoms with Gasteiger partial charge >= 0.3 is 0 Å². The highest BCUT2D eigenvalue weighted by Crippen LogP contribution is 1.97. The van der Waals surface area contributed by atoms with Crippen molar-refractivity contribution in [2.75, 3.05) is 0 Å². The van der Waals surface area contributed by atoms with E-state index in [1.807, 2.05) is 67.6 Å². The predicted octanol–water partition coefficient (Wildman–Crippen LogP) is 3.51. The summed E-state index contributed by atoms with van der Waals surface area (Å²) in [6.45, 7) is 2.02. The minimum absolute atomic E-state index is 1.05. The van der Waals surface area contributed by atoms with Crippen LogP contribution in [-0.4, -0.2) is 8.80 Å². The first kappa shape index (κ1) is 13.9. The molecule has 0 heterocycles. The minimum Gasteiger partial charge on any atom is -0.109 e. The molecule has 0 fully saturated rings. The molecule has 20 heavy (non-hydrogen) atoms. The fraction of sp³-hybridized carbons (Fsp3) is 0.0526. The third kappa shape index (κ3) is 4.65. The van der Waals surface area contributed by atoms with E-state index in [9.17, 15) is 0 Å². The Hall–Kier alpha value is -2.48. The normalized spacial score (nSPS) is 9.70. The van der Waals surface area contributed by atoms with Crippen LogP contribution in [0.3, 0.4) is 0 Å². The predicted molar refractivity (Wildman–Crippen MR) is 88.6 cm³/mol. The van der Waals surface area contributed by atoms with Gasteiger partial charge < -0.3 is 0 Å². The van der Waals surface area contributed by atoms with E-state index >= 15 is 0 Å². The smallest absolute Gasteiger partial charge is 0.109 e. The van der Waals surface area contributed by atoms with Gasteiger partial charge in [-0.1, -0.05) is 60.0 Å². The standard InChI is InChI=1S/C19H16Si/c1-2-15-20(16-13-18-9-5-3-6-10-18)17-14-19-11-7-4-8-12-19/h2-12,15,20H,1H3. The zero-order valence-electron chi connectivity index (χ0n) is 11.5. The Morgan fingerprint density at radius 2 is 1.20 bits per heavy atom. The first-order valence-electron chi connectivity index (χ1n) is 6.64. The highest BCUT2D eigenvalue weighted by atomic mass is 28.3. The van der Waals surface area contributed by atoms with Gasteiger partial charge in [0.15, 0.2) is 0 Å². The fourth-order valence-electron chi connectivity index (χ4n) is 1.69. The molecule has 0 unspecified atom stereocenters. The Bertz CT molecular complexity index is 619. The second-order valence-corrected chi connectivity index (χ2v) is 6.19. The number of benzene rings is 2. The van der Waals surface area contributed by atoms with Gasteiger partial charge in [0.05, 0.1) is 0 Å². The number of rotatable bonds is 1. The highest BCUT2D eigenvalue weighted by molar-refractivity contribution is 6.80. The summed E-state index contributed by atoms with van der Waals surface area (Å²) < 4.78 is 0. The first-order valence-corrected chi connectivity index (χ1v) is 8.46. The van der Waals surface area contributed by atoms with Crippen LogP contribution in [0.2, 0.25) is 0 Å². The molecule has 2 aromatic rings. The van der Waals surface area contributed by atoms with Crippen molar-refractivity contribution in [3.8, 4) is 22.9 Å². The van der Waals surface area contributed by atoms with Crippen LogP contribution in [0, 0.1) is 22.9 Å². The van der Waals surface area contributed by atoms with E-state index in [4.69, 9.17) is 0 Å². The lowest BCUT2D eigenvalue weighted by Crippen LogP contribution is -2.03. The van der Waals surface area contributed by atoms with E-state index in [2.05, 4.69) is 34.7 Å². The lowest BCUT2D eigenvalue weighted by molar-refractivity contribution is 1.65. The van der Waals surface area contributed by atoms with Crippen LogP contribution in [0.15, 0.2) is 72.4 Å². The molecule has 0 saturated heterocycles. The van der Waals surface area contributed by atoms with Crippen LogP contribution in [0.1, 0.15) is 18.1 Å². The Morgan fingerprint density at radius 1 is 0.750 bits per heavy atom. The zero-order chi connectivity index (χ0) is 14.0. The molecule has 0 atom stereocenters. The highest BCUT2D eigenvalue weighted by Gasteiger charge is 1.96. The van der Waals surface area contributed by atoms with E-state index in [0.29, 0.717) is 0 Å². The Morgan fingerprint density at radius 3 is 1.60 bits per heavy atom. The molecule has 0 N–H and O–H groups in total. The van der Waals surface area contributed by atoms with Gasteiger partial charge in [0.2, 0.25) is 8.80 Å². The van der Waals surface area contributed by atoms with Crippen LogP contribution in [0.5, 0.6) is 0 Å². The summed E-state index contributed by atoms with van der Waals surface area (Å²) in [5.41, 5.74) is 10.9. The Kier molecular flexibility index (Phi) is 5.47. The molecule has 0 radical (unpaired) electrons. The van der Waals surface area contributed by atoms with Gasteiger partial charge in [-0.25, -0.2) is 0 Å².